The van der Waals surface area contributed by atoms with Gasteiger partial charge >= 0.3 is 0 Å². The first-order valence-corrected chi connectivity index (χ1v) is 5.90. The third-order valence-electron chi connectivity index (χ3n) is 2.67. The lowest BCUT2D eigenvalue weighted by Gasteiger charge is -2.06. The second-order valence-electron chi connectivity index (χ2n) is 4.13. The van der Waals surface area contributed by atoms with E-state index in [9.17, 15) is 0 Å². The second kappa shape index (κ2) is 5.64. The lowest BCUT2D eigenvalue weighted by atomic mass is 10.1. The minimum atomic E-state index is -0.225. The molecular formula is C13H17N3O2. The summed E-state index contributed by atoms with van der Waals surface area (Å²) in [4.78, 5) is 0. The van der Waals surface area contributed by atoms with E-state index in [2.05, 4.69) is 10.2 Å². The standard InChI is InChI=1S/C13H17N3O2/c1-9(14)13-16-15-12(18-13)8-7-10-5-3-4-6-11(10)17-2/h3-6,9H,7-8,14H2,1-2H3. The molecule has 0 aliphatic carbocycles. The van der Waals surface area contributed by atoms with Crippen LogP contribution in [0.3, 0.4) is 0 Å². The molecule has 2 aromatic rings. The van der Waals surface area contributed by atoms with E-state index in [0.29, 0.717) is 18.2 Å². The molecule has 0 radical (unpaired) electrons. The van der Waals surface area contributed by atoms with Crippen LogP contribution in [0.25, 0.3) is 0 Å². The van der Waals surface area contributed by atoms with E-state index in [4.69, 9.17) is 14.9 Å². The van der Waals surface area contributed by atoms with Crippen molar-refractivity contribution in [2.45, 2.75) is 25.8 Å². The third-order valence-corrected chi connectivity index (χ3v) is 2.67. The quantitative estimate of drug-likeness (QED) is 0.873. The Balaban J connectivity index is 2.02. The van der Waals surface area contributed by atoms with Crippen LogP contribution in [0, 0.1) is 0 Å². The van der Waals surface area contributed by atoms with Crippen molar-refractivity contribution in [3.05, 3.63) is 41.6 Å². The molecule has 0 spiro atoms. The van der Waals surface area contributed by atoms with Crippen molar-refractivity contribution in [3.63, 3.8) is 0 Å². The minimum absolute atomic E-state index is 0.225. The summed E-state index contributed by atoms with van der Waals surface area (Å²) < 4.78 is 10.7. The summed E-state index contributed by atoms with van der Waals surface area (Å²) in [7, 11) is 1.67. The minimum Gasteiger partial charge on any atom is -0.496 e. The van der Waals surface area contributed by atoms with Crippen molar-refractivity contribution >= 4 is 0 Å². The molecule has 18 heavy (non-hydrogen) atoms. The highest BCUT2D eigenvalue weighted by Crippen LogP contribution is 2.19. The normalized spacial score (nSPS) is 12.4. The van der Waals surface area contributed by atoms with Crippen molar-refractivity contribution in [1.29, 1.82) is 0 Å². The lowest BCUT2D eigenvalue weighted by molar-refractivity contribution is 0.405. The molecule has 1 atom stereocenters. The molecule has 96 valence electrons. The molecule has 1 heterocycles. The molecule has 1 unspecified atom stereocenters. The number of hydrogen-bond donors (Lipinski definition) is 1. The van der Waals surface area contributed by atoms with Gasteiger partial charge in [0.15, 0.2) is 0 Å². The first kappa shape index (κ1) is 12.6. The molecule has 2 rings (SSSR count). The maximum atomic E-state index is 5.66. The third kappa shape index (κ3) is 2.87. The van der Waals surface area contributed by atoms with Gasteiger partial charge in [-0.3, -0.25) is 0 Å². The van der Waals surface area contributed by atoms with Crippen LogP contribution in [0.15, 0.2) is 28.7 Å². The number of methoxy groups -OCH3 is 1. The Morgan fingerprint density at radius 3 is 2.72 bits per heavy atom. The molecule has 0 saturated heterocycles. The van der Waals surface area contributed by atoms with Gasteiger partial charge in [0.1, 0.15) is 5.75 Å². The summed E-state index contributed by atoms with van der Waals surface area (Å²) in [6.45, 7) is 1.82. The fraction of sp³-hybridized carbons (Fsp3) is 0.385. The summed E-state index contributed by atoms with van der Waals surface area (Å²) in [6, 6.07) is 7.68. The van der Waals surface area contributed by atoms with Crippen molar-refractivity contribution < 1.29 is 9.15 Å². The van der Waals surface area contributed by atoms with Gasteiger partial charge in [0.2, 0.25) is 11.8 Å². The number of hydrogen-bond acceptors (Lipinski definition) is 5. The van der Waals surface area contributed by atoms with Gasteiger partial charge in [0.05, 0.1) is 13.2 Å². The maximum Gasteiger partial charge on any atom is 0.232 e. The summed E-state index contributed by atoms with van der Waals surface area (Å²) >= 11 is 0. The molecule has 0 amide bonds. The molecule has 1 aromatic heterocycles. The van der Waals surface area contributed by atoms with E-state index in [1.165, 1.54) is 0 Å². The molecule has 0 fully saturated rings. The fourth-order valence-electron chi connectivity index (χ4n) is 1.70. The van der Waals surface area contributed by atoms with Crippen LogP contribution in [0.5, 0.6) is 5.75 Å². The maximum absolute atomic E-state index is 5.66. The zero-order valence-corrected chi connectivity index (χ0v) is 10.6. The molecule has 1 aromatic carbocycles. The first-order chi connectivity index (χ1) is 8.70. The largest absolute Gasteiger partial charge is 0.496 e. The Bertz CT molecular complexity index is 508. The number of rotatable bonds is 5. The Morgan fingerprint density at radius 1 is 1.28 bits per heavy atom. The average molecular weight is 247 g/mol. The van der Waals surface area contributed by atoms with Gasteiger partial charge in [-0.05, 0) is 25.0 Å². The topological polar surface area (TPSA) is 74.2 Å². The number of nitrogens with two attached hydrogens (primary N) is 1. The van der Waals surface area contributed by atoms with E-state index in [-0.39, 0.29) is 6.04 Å². The molecule has 0 aliphatic heterocycles. The molecule has 5 heteroatoms. The summed E-state index contributed by atoms with van der Waals surface area (Å²) in [5.74, 6) is 1.96. The van der Waals surface area contributed by atoms with Crippen molar-refractivity contribution in [3.8, 4) is 5.75 Å². The summed E-state index contributed by atoms with van der Waals surface area (Å²) in [5.41, 5.74) is 6.79. The molecule has 2 N–H and O–H groups in total. The van der Waals surface area contributed by atoms with Gasteiger partial charge in [-0.15, -0.1) is 10.2 Å². The van der Waals surface area contributed by atoms with Gasteiger partial charge in [-0.25, -0.2) is 0 Å². The highest BCUT2D eigenvalue weighted by Gasteiger charge is 2.10. The zero-order chi connectivity index (χ0) is 13.0. The van der Waals surface area contributed by atoms with Gasteiger partial charge in [0, 0.05) is 6.42 Å². The molecule has 0 aliphatic rings. The number of aryl methyl sites for hydroxylation is 2. The predicted octanol–water partition coefficient (Wildman–Crippen LogP) is 1.88. The van der Waals surface area contributed by atoms with Crippen molar-refractivity contribution in [2.24, 2.45) is 5.73 Å². The summed E-state index contributed by atoms with van der Waals surface area (Å²) in [6.07, 6.45) is 1.48. The average Bonchev–Trinajstić information content (AvgIpc) is 2.85. The summed E-state index contributed by atoms with van der Waals surface area (Å²) in [5, 5.41) is 7.87. The van der Waals surface area contributed by atoms with E-state index in [1.807, 2.05) is 31.2 Å². The highest BCUT2D eigenvalue weighted by atomic mass is 16.5. The Morgan fingerprint density at radius 2 is 2.06 bits per heavy atom. The van der Waals surface area contributed by atoms with E-state index in [1.54, 1.807) is 7.11 Å². The molecular weight excluding hydrogens is 230 g/mol. The van der Waals surface area contributed by atoms with Gasteiger partial charge in [-0.1, -0.05) is 18.2 Å². The zero-order valence-electron chi connectivity index (χ0n) is 10.6. The van der Waals surface area contributed by atoms with Crippen LogP contribution in [-0.2, 0) is 12.8 Å². The monoisotopic (exact) mass is 247 g/mol. The Labute approximate surface area is 106 Å². The lowest BCUT2D eigenvalue weighted by Crippen LogP contribution is -2.04. The SMILES string of the molecule is COc1ccccc1CCc1nnc(C(C)N)o1. The van der Waals surface area contributed by atoms with Crippen LogP contribution in [0.2, 0.25) is 0 Å². The molecule has 0 saturated carbocycles. The van der Waals surface area contributed by atoms with Crippen LogP contribution < -0.4 is 10.5 Å². The van der Waals surface area contributed by atoms with Crippen LogP contribution >= 0.6 is 0 Å². The first-order valence-electron chi connectivity index (χ1n) is 5.90. The van der Waals surface area contributed by atoms with Gasteiger partial charge in [-0.2, -0.15) is 0 Å². The van der Waals surface area contributed by atoms with E-state index >= 15 is 0 Å². The van der Waals surface area contributed by atoms with Crippen molar-refractivity contribution in [2.75, 3.05) is 7.11 Å². The van der Waals surface area contributed by atoms with Gasteiger partial charge < -0.3 is 14.9 Å². The van der Waals surface area contributed by atoms with Gasteiger partial charge in [0.25, 0.3) is 0 Å². The smallest absolute Gasteiger partial charge is 0.232 e. The Kier molecular flexibility index (Phi) is 3.94. The predicted molar refractivity (Wildman–Crippen MR) is 67.3 cm³/mol. The fourth-order valence-corrected chi connectivity index (χ4v) is 1.70. The molecule has 5 nitrogen and oxygen atoms in total. The van der Waals surface area contributed by atoms with Crippen molar-refractivity contribution in [1.82, 2.24) is 10.2 Å². The molecule has 0 bridgehead atoms. The van der Waals surface area contributed by atoms with E-state index in [0.717, 1.165) is 17.7 Å². The van der Waals surface area contributed by atoms with E-state index < -0.39 is 0 Å². The Hall–Kier alpha value is -1.88. The number of ether oxygens (including phenoxy) is 1. The number of para-hydroxylation sites is 1. The highest BCUT2D eigenvalue weighted by molar-refractivity contribution is 5.33. The number of nitrogens with zero attached hydrogens (tertiary/aromatic N) is 2. The van der Waals surface area contributed by atoms with Crippen LogP contribution in [-0.4, -0.2) is 17.3 Å². The number of aromatic nitrogens is 2. The number of benzene rings is 1. The second-order valence-corrected chi connectivity index (χ2v) is 4.13. The van der Waals surface area contributed by atoms with Crippen LogP contribution in [0.1, 0.15) is 30.3 Å². The van der Waals surface area contributed by atoms with Crippen LogP contribution in [0.4, 0.5) is 0 Å².